The molecular formula is C27H32N4O3. The van der Waals surface area contributed by atoms with Crippen molar-refractivity contribution >= 4 is 22.7 Å². The number of carbonyl (C=O) groups excluding carboxylic acids is 2. The largest absolute Gasteiger partial charge is 0.356 e. The van der Waals surface area contributed by atoms with Gasteiger partial charge < -0.3 is 20.1 Å². The van der Waals surface area contributed by atoms with E-state index in [4.69, 9.17) is 0 Å². The average molecular weight is 461 g/mol. The minimum absolute atomic E-state index is 0.0122. The number of nitrogens with one attached hydrogen (secondary N) is 2. The Kier molecular flexibility index (Phi) is 7.75. The Balaban J connectivity index is 1.49. The van der Waals surface area contributed by atoms with Gasteiger partial charge in [0.05, 0.1) is 5.52 Å². The molecule has 1 atom stereocenters. The molecule has 0 radical (unpaired) electrons. The van der Waals surface area contributed by atoms with Crippen LogP contribution < -0.4 is 16.2 Å². The van der Waals surface area contributed by atoms with Crippen molar-refractivity contribution in [1.82, 2.24) is 20.1 Å². The number of pyridine rings is 1. The predicted molar refractivity (Wildman–Crippen MR) is 134 cm³/mol. The summed E-state index contributed by atoms with van der Waals surface area (Å²) in [7, 11) is 1.70. The molecule has 7 nitrogen and oxygen atoms in total. The lowest BCUT2D eigenvalue weighted by atomic mass is 10.0. The van der Waals surface area contributed by atoms with E-state index in [0.29, 0.717) is 32.5 Å². The molecule has 3 aromatic rings. The van der Waals surface area contributed by atoms with Gasteiger partial charge in [-0.2, -0.15) is 0 Å². The summed E-state index contributed by atoms with van der Waals surface area (Å²) in [5, 5.41) is 7.34. The lowest BCUT2D eigenvalue weighted by Gasteiger charge is -2.23. The maximum absolute atomic E-state index is 13.4. The molecule has 178 valence electrons. The van der Waals surface area contributed by atoms with Crippen LogP contribution in [0.1, 0.15) is 47.6 Å². The van der Waals surface area contributed by atoms with E-state index in [-0.39, 0.29) is 29.0 Å². The minimum atomic E-state index is -0.285. The minimum Gasteiger partial charge on any atom is -0.356 e. The summed E-state index contributed by atoms with van der Waals surface area (Å²) < 4.78 is 1.54. The Hall–Kier alpha value is -3.45. The molecule has 2 heterocycles. The van der Waals surface area contributed by atoms with Crippen LogP contribution in [0.25, 0.3) is 10.9 Å². The highest BCUT2D eigenvalue weighted by Gasteiger charge is 2.21. The number of benzene rings is 2. The number of amides is 2. The first kappa shape index (κ1) is 23.7. The van der Waals surface area contributed by atoms with Gasteiger partial charge in [-0.3, -0.25) is 14.4 Å². The summed E-state index contributed by atoms with van der Waals surface area (Å²) in [5.74, 6) is -0.260. The monoisotopic (exact) mass is 460 g/mol. The van der Waals surface area contributed by atoms with Gasteiger partial charge in [0.1, 0.15) is 5.56 Å². The lowest BCUT2D eigenvalue weighted by molar-refractivity contribution is -0.121. The van der Waals surface area contributed by atoms with Crippen LogP contribution in [0.2, 0.25) is 0 Å². The molecule has 0 aliphatic carbocycles. The number of nitrogens with zero attached hydrogens (tertiary/aromatic N) is 2. The molecule has 0 bridgehead atoms. The van der Waals surface area contributed by atoms with Crippen molar-refractivity contribution < 1.29 is 9.59 Å². The van der Waals surface area contributed by atoms with Gasteiger partial charge in [0, 0.05) is 39.1 Å². The Bertz CT molecular complexity index is 1210. The van der Waals surface area contributed by atoms with Gasteiger partial charge in [-0.05, 0) is 48.9 Å². The Morgan fingerprint density at radius 2 is 1.65 bits per heavy atom. The van der Waals surface area contributed by atoms with Crippen LogP contribution in [0.15, 0.2) is 65.5 Å². The molecule has 34 heavy (non-hydrogen) atoms. The molecule has 1 aliphatic rings. The third kappa shape index (κ3) is 5.54. The van der Waals surface area contributed by atoms with Crippen molar-refractivity contribution in [3.8, 4) is 0 Å². The Morgan fingerprint density at radius 3 is 2.47 bits per heavy atom. The fourth-order valence-corrected chi connectivity index (χ4v) is 4.51. The zero-order valence-corrected chi connectivity index (χ0v) is 19.6. The van der Waals surface area contributed by atoms with Gasteiger partial charge in [0.2, 0.25) is 5.91 Å². The summed E-state index contributed by atoms with van der Waals surface area (Å²) >= 11 is 0. The second-order valence-electron chi connectivity index (χ2n) is 8.81. The van der Waals surface area contributed by atoms with Crippen LogP contribution in [0.3, 0.4) is 0 Å². The third-order valence-electron chi connectivity index (χ3n) is 6.41. The van der Waals surface area contributed by atoms with Crippen molar-refractivity contribution in [3.63, 3.8) is 0 Å². The Labute approximate surface area is 199 Å². The van der Waals surface area contributed by atoms with E-state index in [2.05, 4.69) is 10.6 Å². The van der Waals surface area contributed by atoms with E-state index in [1.807, 2.05) is 54.6 Å². The number of rotatable bonds is 2. The fourth-order valence-electron chi connectivity index (χ4n) is 4.51. The SMILES string of the molecule is Cn1c(=O)c(C(=O)N2CCCCNC(c3ccccc3)CC(=O)NCCC2)cc2ccccc21. The van der Waals surface area contributed by atoms with Crippen LogP contribution in [-0.2, 0) is 11.8 Å². The van der Waals surface area contributed by atoms with Gasteiger partial charge in [-0.1, -0.05) is 48.5 Å². The first-order valence-electron chi connectivity index (χ1n) is 12.0. The maximum Gasteiger partial charge on any atom is 0.263 e. The second kappa shape index (κ2) is 11.1. The molecule has 0 spiro atoms. The molecule has 1 unspecified atom stereocenters. The zero-order chi connectivity index (χ0) is 23.9. The number of aryl methyl sites for hydroxylation is 1. The van der Waals surface area contributed by atoms with Gasteiger partial charge in [0.15, 0.2) is 0 Å². The molecular weight excluding hydrogens is 428 g/mol. The van der Waals surface area contributed by atoms with E-state index in [9.17, 15) is 14.4 Å². The van der Waals surface area contributed by atoms with Gasteiger partial charge in [-0.15, -0.1) is 0 Å². The van der Waals surface area contributed by atoms with Crippen molar-refractivity contribution in [3.05, 3.63) is 82.1 Å². The highest BCUT2D eigenvalue weighted by molar-refractivity contribution is 5.97. The molecule has 1 aliphatic heterocycles. The quantitative estimate of drug-likeness (QED) is 0.616. The van der Waals surface area contributed by atoms with E-state index >= 15 is 0 Å². The highest BCUT2D eigenvalue weighted by atomic mass is 16.2. The van der Waals surface area contributed by atoms with Gasteiger partial charge >= 0.3 is 0 Å². The standard InChI is InChI=1S/C27H32N4O3/c1-30-24-13-6-5-12-21(24)18-22(26(30)33)27(34)31-16-8-7-14-28-23(20-10-3-2-4-11-20)19-25(32)29-15-9-17-31/h2-6,10-13,18,23,28H,7-9,14-17,19H2,1H3,(H,29,32). The predicted octanol–water partition coefficient (Wildman–Crippen LogP) is 3.00. The number of carbonyl (C=O) groups is 2. The fraction of sp³-hybridized carbons (Fsp3) is 0.370. The summed E-state index contributed by atoms with van der Waals surface area (Å²) in [5.41, 5.74) is 1.80. The second-order valence-corrected chi connectivity index (χ2v) is 8.81. The number of para-hydroxylation sites is 1. The van der Waals surface area contributed by atoms with E-state index in [1.54, 1.807) is 18.0 Å². The molecule has 1 aromatic heterocycles. The summed E-state index contributed by atoms with van der Waals surface area (Å²) in [6, 6.07) is 19.2. The number of hydrogen-bond acceptors (Lipinski definition) is 4. The van der Waals surface area contributed by atoms with Crippen LogP contribution in [0.4, 0.5) is 0 Å². The summed E-state index contributed by atoms with van der Waals surface area (Å²) in [6.45, 7) is 2.29. The van der Waals surface area contributed by atoms with E-state index < -0.39 is 0 Å². The summed E-state index contributed by atoms with van der Waals surface area (Å²) in [6.07, 6.45) is 2.69. The van der Waals surface area contributed by atoms with Crippen LogP contribution >= 0.6 is 0 Å². The smallest absolute Gasteiger partial charge is 0.263 e. The van der Waals surface area contributed by atoms with Gasteiger partial charge in [0.25, 0.3) is 11.5 Å². The van der Waals surface area contributed by atoms with E-state index in [0.717, 1.165) is 35.9 Å². The van der Waals surface area contributed by atoms with Crippen molar-refractivity contribution in [2.75, 3.05) is 26.2 Å². The van der Waals surface area contributed by atoms with Crippen LogP contribution in [0, 0.1) is 0 Å². The van der Waals surface area contributed by atoms with Crippen molar-refractivity contribution in [1.29, 1.82) is 0 Å². The third-order valence-corrected chi connectivity index (χ3v) is 6.41. The topological polar surface area (TPSA) is 83.4 Å². The molecule has 1 saturated heterocycles. The molecule has 2 amide bonds. The van der Waals surface area contributed by atoms with E-state index in [1.165, 1.54) is 4.57 Å². The molecule has 2 aromatic carbocycles. The first-order valence-corrected chi connectivity index (χ1v) is 12.0. The van der Waals surface area contributed by atoms with Gasteiger partial charge in [-0.25, -0.2) is 0 Å². The molecule has 2 N–H and O–H groups in total. The average Bonchev–Trinajstić information content (AvgIpc) is 2.88. The maximum atomic E-state index is 13.4. The lowest BCUT2D eigenvalue weighted by Crippen LogP contribution is -2.38. The normalized spacial score (nSPS) is 18.4. The number of fused-ring (bicyclic) bond motifs is 1. The first-order chi connectivity index (χ1) is 16.5. The highest BCUT2D eigenvalue weighted by Crippen LogP contribution is 2.17. The van der Waals surface area contributed by atoms with Crippen molar-refractivity contribution in [2.24, 2.45) is 7.05 Å². The number of hydrogen-bond donors (Lipinski definition) is 2. The summed E-state index contributed by atoms with van der Waals surface area (Å²) in [4.78, 5) is 40.7. The molecule has 0 saturated carbocycles. The molecule has 1 fully saturated rings. The molecule has 4 rings (SSSR count). The number of aromatic nitrogens is 1. The zero-order valence-electron chi connectivity index (χ0n) is 19.6. The van der Waals surface area contributed by atoms with Crippen molar-refractivity contribution in [2.45, 2.75) is 31.7 Å². The van der Waals surface area contributed by atoms with Crippen LogP contribution in [0.5, 0.6) is 0 Å². The molecule has 7 heteroatoms. The Morgan fingerprint density at radius 1 is 0.912 bits per heavy atom. The van der Waals surface area contributed by atoms with Crippen LogP contribution in [-0.4, -0.2) is 47.5 Å².